The van der Waals surface area contributed by atoms with Crippen LogP contribution >= 0.6 is 24.0 Å². The molecule has 1 aliphatic rings. The molecule has 1 aliphatic heterocycles. The van der Waals surface area contributed by atoms with E-state index in [1.807, 2.05) is 12.1 Å². The summed E-state index contributed by atoms with van der Waals surface area (Å²) in [7, 11) is 0. The summed E-state index contributed by atoms with van der Waals surface area (Å²) in [6.45, 7) is 2.19. The Labute approximate surface area is 107 Å². The van der Waals surface area contributed by atoms with E-state index in [-0.39, 0.29) is 12.4 Å². The maximum absolute atomic E-state index is 10.6. The largest absolute Gasteiger partial charge is 0.371 e. The summed E-state index contributed by atoms with van der Waals surface area (Å²) in [4.78, 5) is 12.9. The molecule has 0 unspecified atom stereocenters. The van der Waals surface area contributed by atoms with Gasteiger partial charge in [-0.3, -0.25) is 4.79 Å². The molecule has 0 spiro atoms. The summed E-state index contributed by atoms with van der Waals surface area (Å²) in [6.07, 6.45) is 4.60. The van der Waals surface area contributed by atoms with Crippen molar-refractivity contribution in [2.24, 2.45) is 0 Å². The fraction of sp³-hybridized carbons (Fsp3) is 0.417. The van der Waals surface area contributed by atoms with Crippen LogP contribution in [0.4, 0.5) is 5.69 Å². The normalized spacial score (nSPS) is 15.4. The Bertz CT molecular complexity index is 362. The van der Waals surface area contributed by atoms with Crippen LogP contribution < -0.4 is 4.90 Å². The number of nitrogens with zero attached hydrogens (tertiary/aromatic N) is 1. The fourth-order valence-electron chi connectivity index (χ4n) is 1.96. The molecule has 4 heteroatoms. The summed E-state index contributed by atoms with van der Waals surface area (Å²) >= 11 is 5.99. The minimum absolute atomic E-state index is 0. The molecule has 88 valence electrons. The third-order valence-electron chi connectivity index (χ3n) is 2.83. The maximum Gasteiger partial charge on any atom is 0.151 e. The molecule has 0 atom stereocenters. The average Bonchev–Trinajstić information content (AvgIpc) is 2.30. The number of hydrogen-bond donors (Lipinski definition) is 0. The summed E-state index contributed by atoms with van der Waals surface area (Å²) in [6, 6.07) is 5.65. The number of anilines is 1. The molecular weight excluding hydrogens is 245 g/mol. The molecule has 1 heterocycles. The lowest BCUT2D eigenvalue weighted by Gasteiger charge is -2.29. The highest BCUT2D eigenvalue weighted by Gasteiger charge is 2.11. The summed E-state index contributed by atoms with van der Waals surface area (Å²) in [5.74, 6) is 0. The van der Waals surface area contributed by atoms with E-state index in [9.17, 15) is 4.79 Å². The molecule has 1 aromatic carbocycles. The second-order valence-electron chi connectivity index (χ2n) is 3.87. The van der Waals surface area contributed by atoms with Crippen molar-refractivity contribution in [1.29, 1.82) is 0 Å². The molecule has 2 nitrogen and oxygen atoms in total. The molecule has 16 heavy (non-hydrogen) atoms. The third kappa shape index (κ3) is 2.89. The van der Waals surface area contributed by atoms with Gasteiger partial charge in [0.15, 0.2) is 6.29 Å². The van der Waals surface area contributed by atoms with E-state index in [0.717, 1.165) is 25.1 Å². The van der Waals surface area contributed by atoms with Gasteiger partial charge in [-0.2, -0.15) is 0 Å². The zero-order valence-electron chi connectivity index (χ0n) is 8.99. The van der Waals surface area contributed by atoms with E-state index in [2.05, 4.69) is 4.90 Å². The van der Waals surface area contributed by atoms with Gasteiger partial charge in [0.1, 0.15) is 0 Å². The zero-order chi connectivity index (χ0) is 10.7. The Hall–Kier alpha value is -0.730. The van der Waals surface area contributed by atoms with Crippen LogP contribution in [0.2, 0.25) is 5.02 Å². The summed E-state index contributed by atoms with van der Waals surface area (Å²) in [5.41, 5.74) is 1.70. The molecule has 1 aromatic rings. The molecule has 0 N–H and O–H groups in total. The number of piperidine rings is 1. The van der Waals surface area contributed by atoms with Crippen LogP contribution in [0.5, 0.6) is 0 Å². The van der Waals surface area contributed by atoms with Crippen LogP contribution in [0.25, 0.3) is 0 Å². The first kappa shape index (κ1) is 13.3. The van der Waals surface area contributed by atoms with Crippen molar-refractivity contribution in [3.8, 4) is 0 Å². The van der Waals surface area contributed by atoms with Crippen molar-refractivity contribution in [2.75, 3.05) is 18.0 Å². The van der Waals surface area contributed by atoms with Gasteiger partial charge in [0.2, 0.25) is 0 Å². The van der Waals surface area contributed by atoms with Gasteiger partial charge in [-0.1, -0.05) is 11.6 Å². The van der Waals surface area contributed by atoms with E-state index >= 15 is 0 Å². The van der Waals surface area contributed by atoms with E-state index in [1.54, 1.807) is 6.07 Å². The first-order valence-corrected chi connectivity index (χ1v) is 5.69. The molecule has 0 saturated carbocycles. The standard InChI is InChI=1S/C12H14ClNO.ClH/c13-12-8-11(5-4-10(12)9-15)14-6-2-1-3-7-14;/h4-5,8-9H,1-3,6-7H2;1H. The smallest absolute Gasteiger partial charge is 0.151 e. The number of hydrogen-bond acceptors (Lipinski definition) is 2. The van der Waals surface area contributed by atoms with Crippen LogP contribution in [-0.2, 0) is 0 Å². The zero-order valence-corrected chi connectivity index (χ0v) is 10.6. The van der Waals surface area contributed by atoms with Crippen LogP contribution in [-0.4, -0.2) is 19.4 Å². The fourth-order valence-corrected chi connectivity index (χ4v) is 2.18. The molecule has 1 fully saturated rings. The van der Waals surface area contributed by atoms with Crippen molar-refractivity contribution >= 4 is 36.0 Å². The van der Waals surface area contributed by atoms with Gasteiger partial charge in [0.05, 0.1) is 5.02 Å². The van der Waals surface area contributed by atoms with Crippen LogP contribution in [0.15, 0.2) is 18.2 Å². The monoisotopic (exact) mass is 259 g/mol. The minimum atomic E-state index is 0. The SMILES string of the molecule is Cl.O=Cc1ccc(N2CCCCC2)cc1Cl. The molecule has 0 aromatic heterocycles. The third-order valence-corrected chi connectivity index (χ3v) is 3.16. The molecule has 0 bridgehead atoms. The average molecular weight is 260 g/mol. The number of aldehydes is 1. The summed E-state index contributed by atoms with van der Waals surface area (Å²) in [5, 5.41) is 0.549. The van der Waals surface area contributed by atoms with Gasteiger partial charge >= 0.3 is 0 Å². The van der Waals surface area contributed by atoms with E-state index in [4.69, 9.17) is 11.6 Å². The van der Waals surface area contributed by atoms with Crippen molar-refractivity contribution in [1.82, 2.24) is 0 Å². The van der Waals surface area contributed by atoms with E-state index in [1.165, 1.54) is 19.3 Å². The first-order valence-electron chi connectivity index (χ1n) is 5.31. The molecular formula is C12H15Cl2NO. The molecule has 0 radical (unpaired) electrons. The number of benzene rings is 1. The van der Waals surface area contributed by atoms with Crippen molar-refractivity contribution in [3.63, 3.8) is 0 Å². The van der Waals surface area contributed by atoms with Gasteiger partial charge < -0.3 is 4.90 Å². The van der Waals surface area contributed by atoms with Crippen LogP contribution in [0.1, 0.15) is 29.6 Å². The molecule has 0 amide bonds. The Morgan fingerprint density at radius 3 is 2.44 bits per heavy atom. The van der Waals surface area contributed by atoms with E-state index < -0.39 is 0 Å². The van der Waals surface area contributed by atoms with E-state index in [0.29, 0.717) is 10.6 Å². The first-order chi connectivity index (χ1) is 7.31. The maximum atomic E-state index is 10.6. The number of halogens is 2. The predicted molar refractivity (Wildman–Crippen MR) is 70.2 cm³/mol. The topological polar surface area (TPSA) is 20.3 Å². The van der Waals surface area contributed by atoms with Crippen molar-refractivity contribution in [2.45, 2.75) is 19.3 Å². The molecule has 2 rings (SSSR count). The summed E-state index contributed by atoms with van der Waals surface area (Å²) < 4.78 is 0. The van der Waals surface area contributed by atoms with Gasteiger partial charge in [-0.05, 0) is 37.5 Å². The quantitative estimate of drug-likeness (QED) is 0.758. The Kier molecular flexibility index (Phi) is 5.10. The molecule has 0 aliphatic carbocycles. The highest BCUT2D eigenvalue weighted by molar-refractivity contribution is 6.33. The van der Waals surface area contributed by atoms with Gasteiger partial charge in [0, 0.05) is 24.3 Å². The van der Waals surface area contributed by atoms with Gasteiger partial charge in [-0.25, -0.2) is 0 Å². The Balaban J connectivity index is 0.00000128. The number of carbonyl (C=O) groups is 1. The number of rotatable bonds is 2. The Morgan fingerprint density at radius 2 is 1.88 bits per heavy atom. The van der Waals surface area contributed by atoms with Crippen molar-refractivity contribution < 1.29 is 4.79 Å². The predicted octanol–water partition coefficient (Wildman–Crippen LogP) is 3.56. The highest BCUT2D eigenvalue weighted by atomic mass is 35.5. The second kappa shape index (κ2) is 6.12. The minimum Gasteiger partial charge on any atom is -0.371 e. The van der Waals surface area contributed by atoms with Crippen molar-refractivity contribution in [3.05, 3.63) is 28.8 Å². The van der Waals surface area contributed by atoms with Gasteiger partial charge in [-0.15, -0.1) is 12.4 Å². The lowest BCUT2D eigenvalue weighted by atomic mass is 10.1. The lowest BCUT2D eigenvalue weighted by molar-refractivity contribution is 0.112. The van der Waals surface area contributed by atoms with Crippen LogP contribution in [0, 0.1) is 0 Å². The lowest BCUT2D eigenvalue weighted by Crippen LogP contribution is -2.29. The second-order valence-corrected chi connectivity index (χ2v) is 4.28. The Morgan fingerprint density at radius 1 is 1.19 bits per heavy atom. The highest BCUT2D eigenvalue weighted by Crippen LogP contribution is 2.25. The van der Waals surface area contributed by atoms with Crippen LogP contribution in [0.3, 0.4) is 0 Å². The molecule has 1 saturated heterocycles. The number of carbonyl (C=O) groups excluding carboxylic acids is 1. The van der Waals surface area contributed by atoms with Gasteiger partial charge in [0.25, 0.3) is 0 Å².